The summed E-state index contributed by atoms with van der Waals surface area (Å²) < 4.78 is 8.78. The van der Waals surface area contributed by atoms with Crippen LogP contribution in [0.2, 0.25) is 0 Å². The van der Waals surface area contributed by atoms with Gasteiger partial charge in [0.25, 0.3) is 0 Å². The van der Waals surface area contributed by atoms with E-state index < -0.39 is 10.8 Å². The monoisotopic (exact) mass is 543 g/mol. The molecule has 3 heterocycles. The lowest BCUT2D eigenvalue weighted by molar-refractivity contribution is -0.385. The van der Waals surface area contributed by atoms with E-state index in [1.165, 1.54) is 10.9 Å². The third-order valence-corrected chi connectivity index (χ3v) is 5.68. The van der Waals surface area contributed by atoms with Crippen molar-refractivity contribution in [3.05, 3.63) is 49.2 Å². The molecule has 2 amide bonds. The molecule has 0 aliphatic carbocycles. The molecule has 0 unspecified atom stereocenters. The smallest absolute Gasteiger partial charge is 0.316 e. The Hall–Kier alpha value is -3.37. The number of carbonyl (C=O) groups is 2. The number of nitrogens with one attached hydrogen (secondary N) is 2. The van der Waals surface area contributed by atoms with Crippen LogP contribution in [0.1, 0.15) is 27.9 Å². The maximum absolute atomic E-state index is 12.1. The van der Waals surface area contributed by atoms with Crippen molar-refractivity contribution in [2.45, 2.75) is 26.9 Å². The van der Waals surface area contributed by atoms with E-state index in [1.54, 1.807) is 4.68 Å². The standard InChI is InChI=1S/C16H18IN9O5/c1-9-14(17)10(2)25(22-9)8-13(27)18-3-4-19-15(28)16-21-12(23-31-16)7-24-6-11(5-20-24)26(29)30/h5-6H,3-4,7-8H2,1-2H3,(H,18,27)(H,19,28). The number of nitrogens with zero attached hydrogens (tertiary/aromatic N) is 7. The zero-order chi connectivity index (χ0) is 22.5. The molecule has 0 radical (unpaired) electrons. The molecule has 0 saturated carbocycles. The van der Waals surface area contributed by atoms with Crippen LogP contribution >= 0.6 is 22.6 Å². The molecule has 3 aromatic heterocycles. The van der Waals surface area contributed by atoms with Gasteiger partial charge in [0, 0.05) is 18.8 Å². The fourth-order valence-electron chi connectivity index (χ4n) is 2.56. The molecule has 2 N–H and O–H groups in total. The minimum absolute atomic E-state index is 0.00589. The van der Waals surface area contributed by atoms with Crippen LogP contribution < -0.4 is 10.6 Å². The summed E-state index contributed by atoms with van der Waals surface area (Å²) in [6.45, 7) is 4.22. The first-order valence-corrected chi connectivity index (χ1v) is 10.1. The summed E-state index contributed by atoms with van der Waals surface area (Å²) in [6.07, 6.45) is 2.31. The van der Waals surface area contributed by atoms with Crippen LogP contribution in [0, 0.1) is 27.5 Å². The fourth-order valence-corrected chi connectivity index (χ4v) is 2.95. The van der Waals surface area contributed by atoms with Gasteiger partial charge in [0.2, 0.25) is 5.91 Å². The lowest BCUT2D eigenvalue weighted by Gasteiger charge is -2.07. The van der Waals surface area contributed by atoms with Gasteiger partial charge >= 0.3 is 17.5 Å². The highest BCUT2D eigenvalue weighted by Gasteiger charge is 2.17. The van der Waals surface area contributed by atoms with Crippen LogP contribution in [0.5, 0.6) is 0 Å². The van der Waals surface area contributed by atoms with Crippen molar-refractivity contribution < 1.29 is 19.0 Å². The van der Waals surface area contributed by atoms with Crippen molar-refractivity contribution in [3.8, 4) is 0 Å². The van der Waals surface area contributed by atoms with E-state index in [9.17, 15) is 19.7 Å². The van der Waals surface area contributed by atoms with E-state index in [-0.39, 0.29) is 49.5 Å². The van der Waals surface area contributed by atoms with Crippen molar-refractivity contribution in [2.75, 3.05) is 13.1 Å². The fraction of sp³-hybridized carbons (Fsp3) is 0.375. The van der Waals surface area contributed by atoms with E-state index in [4.69, 9.17) is 4.52 Å². The average Bonchev–Trinajstić information content (AvgIpc) is 3.44. The van der Waals surface area contributed by atoms with Crippen molar-refractivity contribution in [1.29, 1.82) is 0 Å². The Labute approximate surface area is 188 Å². The molecule has 3 aromatic rings. The summed E-state index contributed by atoms with van der Waals surface area (Å²) in [5, 5.41) is 27.7. The van der Waals surface area contributed by atoms with Crippen molar-refractivity contribution in [3.63, 3.8) is 0 Å². The summed E-state index contributed by atoms with van der Waals surface area (Å²) in [7, 11) is 0. The Morgan fingerprint density at radius 1 is 1.29 bits per heavy atom. The van der Waals surface area contributed by atoms with Crippen LogP contribution in [-0.4, -0.2) is 59.5 Å². The van der Waals surface area contributed by atoms with Crippen molar-refractivity contribution in [2.24, 2.45) is 0 Å². The second kappa shape index (κ2) is 9.63. The quantitative estimate of drug-likeness (QED) is 0.165. The molecular formula is C16H18IN9O5. The van der Waals surface area contributed by atoms with Gasteiger partial charge in [-0.25, -0.2) is 0 Å². The average molecular weight is 543 g/mol. The van der Waals surface area contributed by atoms with Gasteiger partial charge in [-0.15, -0.1) is 0 Å². The molecule has 15 heteroatoms. The Bertz CT molecular complexity index is 1120. The molecule has 3 rings (SSSR count). The molecule has 0 fully saturated rings. The summed E-state index contributed by atoms with van der Waals surface area (Å²) in [4.78, 5) is 38.1. The molecule has 0 spiro atoms. The van der Waals surface area contributed by atoms with Gasteiger partial charge in [0.1, 0.15) is 25.5 Å². The van der Waals surface area contributed by atoms with Gasteiger partial charge in [0.15, 0.2) is 5.82 Å². The van der Waals surface area contributed by atoms with E-state index >= 15 is 0 Å². The number of carbonyl (C=O) groups excluding carboxylic acids is 2. The predicted octanol–water partition coefficient (Wildman–Crippen LogP) is 0.187. The SMILES string of the molecule is Cc1nn(CC(=O)NCCNC(=O)c2nc(Cn3cc([N+](=O)[O-])cn3)no2)c(C)c1I. The van der Waals surface area contributed by atoms with Gasteiger partial charge in [-0.05, 0) is 36.4 Å². The molecule has 0 bridgehead atoms. The van der Waals surface area contributed by atoms with E-state index in [2.05, 4.69) is 53.6 Å². The summed E-state index contributed by atoms with van der Waals surface area (Å²) in [5.74, 6) is -0.964. The van der Waals surface area contributed by atoms with Crippen LogP contribution in [0.15, 0.2) is 16.9 Å². The Kier molecular flexibility index (Phi) is 6.93. The number of amides is 2. The summed E-state index contributed by atoms with van der Waals surface area (Å²) in [5.41, 5.74) is 1.61. The van der Waals surface area contributed by atoms with E-state index in [1.807, 2.05) is 13.8 Å². The Morgan fingerprint density at radius 2 is 2.03 bits per heavy atom. The van der Waals surface area contributed by atoms with Crippen LogP contribution in [0.25, 0.3) is 0 Å². The number of hydrogen-bond donors (Lipinski definition) is 2. The molecule has 14 nitrogen and oxygen atoms in total. The number of nitro groups is 1. The number of aromatic nitrogens is 6. The highest BCUT2D eigenvalue weighted by atomic mass is 127. The zero-order valence-electron chi connectivity index (χ0n) is 16.5. The van der Waals surface area contributed by atoms with Crippen LogP contribution in [0.4, 0.5) is 5.69 Å². The molecule has 164 valence electrons. The zero-order valence-corrected chi connectivity index (χ0v) is 18.7. The first-order chi connectivity index (χ1) is 14.7. The van der Waals surface area contributed by atoms with Gasteiger partial charge in [-0.1, -0.05) is 5.16 Å². The van der Waals surface area contributed by atoms with Gasteiger partial charge in [-0.3, -0.25) is 29.1 Å². The highest BCUT2D eigenvalue weighted by molar-refractivity contribution is 14.1. The number of halogens is 1. The number of rotatable bonds is 9. The summed E-state index contributed by atoms with van der Waals surface area (Å²) in [6, 6.07) is 0. The van der Waals surface area contributed by atoms with E-state index in [0.717, 1.165) is 21.2 Å². The molecular weight excluding hydrogens is 525 g/mol. The van der Waals surface area contributed by atoms with Crippen LogP contribution in [-0.2, 0) is 17.9 Å². The highest BCUT2D eigenvalue weighted by Crippen LogP contribution is 2.14. The largest absolute Gasteiger partial charge is 0.353 e. The maximum atomic E-state index is 12.1. The lowest BCUT2D eigenvalue weighted by atomic mass is 10.4. The number of hydrogen-bond acceptors (Lipinski definition) is 9. The lowest BCUT2D eigenvalue weighted by Crippen LogP contribution is -2.36. The normalized spacial score (nSPS) is 10.8. The Balaban J connectivity index is 1.42. The first kappa shape index (κ1) is 22.3. The third-order valence-electron chi connectivity index (χ3n) is 4.12. The van der Waals surface area contributed by atoms with Gasteiger partial charge < -0.3 is 15.2 Å². The second-order valence-electron chi connectivity index (χ2n) is 6.42. The third kappa shape index (κ3) is 5.62. The number of aryl methyl sites for hydroxylation is 1. The van der Waals surface area contributed by atoms with Crippen molar-refractivity contribution in [1.82, 2.24) is 40.3 Å². The molecule has 0 saturated heterocycles. The molecule has 0 aromatic carbocycles. The minimum atomic E-state index is -0.604. The van der Waals surface area contributed by atoms with Gasteiger partial charge in [0.05, 0.1) is 14.2 Å². The predicted molar refractivity (Wildman–Crippen MR) is 112 cm³/mol. The molecule has 0 aliphatic rings. The Morgan fingerprint density at radius 3 is 2.68 bits per heavy atom. The van der Waals surface area contributed by atoms with E-state index in [0.29, 0.717) is 0 Å². The first-order valence-electron chi connectivity index (χ1n) is 8.98. The second-order valence-corrected chi connectivity index (χ2v) is 7.50. The van der Waals surface area contributed by atoms with Crippen molar-refractivity contribution >= 4 is 40.1 Å². The van der Waals surface area contributed by atoms with Crippen LogP contribution in [0.3, 0.4) is 0 Å². The molecule has 31 heavy (non-hydrogen) atoms. The van der Waals surface area contributed by atoms with Gasteiger partial charge in [-0.2, -0.15) is 15.2 Å². The maximum Gasteiger partial charge on any atom is 0.316 e. The molecule has 0 aliphatic heterocycles. The topological polar surface area (TPSA) is 176 Å². The minimum Gasteiger partial charge on any atom is -0.353 e. The summed E-state index contributed by atoms with van der Waals surface area (Å²) >= 11 is 2.18. The molecule has 0 atom stereocenters.